The van der Waals surface area contributed by atoms with E-state index in [-0.39, 0.29) is 18.4 Å². The van der Waals surface area contributed by atoms with E-state index in [2.05, 4.69) is 20.9 Å². The quantitative estimate of drug-likeness (QED) is 0.537. The molecule has 0 spiro atoms. The number of aromatic nitrogens is 1. The third kappa shape index (κ3) is 6.63. The fourth-order valence-corrected chi connectivity index (χ4v) is 2.75. The molecule has 3 aromatic rings. The van der Waals surface area contributed by atoms with Crippen LogP contribution in [0.5, 0.6) is 5.75 Å². The molecule has 3 amide bonds. The SMILES string of the molecule is COc1ccc(CNC(=O)Nc2ccc(CC(=O)NCc3ccccn3)cc2)cc1. The lowest BCUT2D eigenvalue weighted by atomic mass is 10.1. The molecule has 0 fully saturated rings. The Hall–Kier alpha value is -3.87. The Morgan fingerprint density at radius 2 is 1.60 bits per heavy atom. The lowest BCUT2D eigenvalue weighted by Crippen LogP contribution is -2.28. The summed E-state index contributed by atoms with van der Waals surface area (Å²) in [4.78, 5) is 28.3. The number of carbonyl (C=O) groups excluding carboxylic acids is 2. The molecule has 2 aromatic carbocycles. The van der Waals surface area contributed by atoms with Gasteiger partial charge in [-0.05, 0) is 47.5 Å². The highest BCUT2D eigenvalue weighted by molar-refractivity contribution is 5.89. The summed E-state index contributed by atoms with van der Waals surface area (Å²) in [6.45, 7) is 0.804. The Kier molecular flexibility index (Phi) is 7.38. The lowest BCUT2D eigenvalue weighted by Gasteiger charge is -2.09. The van der Waals surface area contributed by atoms with E-state index in [1.807, 2.05) is 54.6 Å². The molecule has 1 aromatic heterocycles. The van der Waals surface area contributed by atoms with Crippen LogP contribution >= 0.6 is 0 Å². The summed E-state index contributed by atoms with van der Waals surface area (Å²) in [6.07, 6.45) is 1.96. The first-order chi connectivity index (χ1) is 14.6. The second kappa shape index (κ2) is 10.6. The maximum Gasteiger partial charge on any atom is 0.319 e. The number of nitrogens with zero attached hydrogens (tertiary/aromatic N) is 1. The maximum atomic E-state index is 12.1. The predicted molar refractivity (Wildman–Crippen MR) is 115 cm³/mol. The van der Waals surface area contributed by atoms with Gasteiger partial charge in [-0.15, -0.1) is 0 Å². The van der Waals surface area contributed by atoms with Crippen LogP contribution in [0.2, 0.25) is 0 Å². The number of rotatable bonds is 8. The van der Waals surface area contributed by atoms with E-state index in [0.29, 0.717) is 18.8 Å². The number of nitrogens with one attached hydrogen (secondary N) is 3. The van der Waals surface area contributed by atoms with Crippen molar-refractivity contribution >= 4 is 17.6 Å². The van der Waals surface area contributed by atoms with Crippen molar-refractivity contribution in [2.24, 2.45) is 0 Å². The van der Waals surface area contributed by atoms with Gasteiger partial charge in [-0.2, -0.15) is 0 Å². The highest BCUT2D eigenvalue weighted by Gasteiger charge is 2.06. The van der Waals surface area contributed by atoms with Gasteiger partial charge < -0.3 is 20.7 Å². The molecule has 0 bridgehead atoms. The molecule has 1 heterocycles. The van der Waals surface area contributed by atoms with Crippen LogP contribution in [-0.4, -0.2) is 24.0 Å². The fraction of sp³-hybridized carbons (Fsp3) is 0.174. The zero-order chi connectivity index (χ0) is 21.2. The van der Waals surface area contributed by atoms with Gasteiger partial charge in [-0.1, -0.05) is 30.3 Å². The van der Waals surface area contributed by atoms with Gasteiger partial charge in [-0.25, -0.2) is 4.79 Å². The van der Waals surface area contributed by atoms with E-state index >= 15 is 0 Å². The van der Waals surface area contributed by atoms with Crippen molar-refractivity contribution in [2.75, 3.05) is 12.4 Å². The van der Waals surface area contributed by atoms with Gasteiger partial charge in [0.15, 0.2) is 0 Å². The second-order valence-electron chi connectivity index (χ2n) is 6.63. The Labute approximate surface area is 175 Å². The first kappa shape index (κ1) is 20.9. The van der Waals surface area contributed by atoms with Crippen LogP contribution in [0, 0.1) is 0 Å². The standard InChI is InChI=1S/C23H24N4O3/c1-30-21-11-7-18(8-12-21)15-26-23(29)27-19-9-5-17(6-10-19)14-22(28)25-16-20-4-2-3-13-24-20/h2-13H,14-16H2,1H3,(H,25,28)(H2,26,27,29). The van der Waals surface area contributed by atoms with E-state index in [1.165, 1.54) is 0 Å². The molecule has 154 valence electrons. The molecule has 0 atom stereocenters. The minimum Gasteiger partial charge on any atom is -0.497 e. The summed E-state index contributed by atoms with van der Waals surface area (Å²) >= 11 is 0. The van der Waals surface area contributed by atoms with Crippen molar-refractivity contribution in [1.82, 2.24) is 15.6 Å². The van der Waals surface area contributed by atoms with E-state index in [1.54, 1.807) is 25.4 Å². The Bertz CT molecular complexity index is 958. The van der Waals surface area contributed by atoms with Crippen molar-refractivity contribution in [3.05, 3.63) is 89.7 Å². The first-order valence-corrected chi connectivity index (χ1v) is 9.56. The molecule has 0 saturated heterocycles. The minimum absolute atomic E-state index is 0.0846. The van der Waals surface area contributed by atoms with E-state index < -0.39 is 0 Å². The molecule has 3 rings (SSSR count). The third-order valence-electron chi connectivity index (χ3n) is 4.38. The number of hydrogen-bond acceptors (Lipinski definition) is 4. The van der Waals surface area contributed by atoms with Crippen LogP contribution in [-0.2, 0) is 24.3 Å². The number of pyridine rings is 1. The summed E-state index contributed by atoms with van der Waals surface area (Å²) in [5.74, 6) is 0.687. The normalized spacial score (nSPS) is 10.2. The van der Waals surface area contributed by atoms with Gasteiger partial charge in [-0.3, -0.25) is 9.78 Å². The number of benzene rings is 2. The number of anilines is 1. The third-order valence-corrected chi connectivity index (χ3v) is 4.38. The lowest BCUT2D eigenvalue weighted by molar-refractivity contribution is -0.120. The zero-order valence-corrected chi connectivity index (χ0v) is 16.7. The Balaban J connectivity index is 1.41. The molecule has 7 nitrogen and oxygen atoms in total. The van der Waals surface area contributed by atoms with Crippen LogP contribution in [0.4, 0.5) is 10.5 Å². The van der Waals surface area contributed by atoms with Crippen molar-refractivity contribution in [3.63, 3.8) is 0 Å². The van der Waals surface area contributed by atoms with Crippen LogP contribution in [0.15, 0.2) is 72.9 Å². The summed E-state index contributed by atoms with van der Waals surface area (Å²) < 4.78 is 5.11. The van der Waals surface area contributed by atoms with E-state index in [4.69, 9.17) is 4.74 Å². The van der Waals surface area contributed by atoms with Gasteiger partial charge in [0.25, 0.3) is 0 Å². The number of methoxy groups -OCH3 is 1. The average Bonchev–Trinajstić information content (AvgIpc) is 2.79. The molecule has 0 saturated carbocycles. The molecule has 0 radical (unpaired) electrons. The van der Waals surface area contributed by atoms with Gasteiger partial charge >= 0.3 is 6.03 Å². The number of amides is 3. The number of ether oxygens (including phenoxy) is 1. The molecule has 3 N–H and O–H groups in total. The van der Waals surface area contributed by atoms with Crippen LogP contribution in [0.25, 0.3) is 0 Å². The molecule has 30 heavy (non-hydrogen) atoms. The minimum atomic E-state index is -0.299. The maximum absolute atomic E-state index is 12.1. The molecular formula is C23H24N4O3. The summed E-state index contributed by atoms with van der Waals surface area (Å²) in [6, 6.07) is 19.9. The smallest absolute Gasteiger partial charge is 0.319 e. The van der Waals surface area contributed by atoms with Crippen LogP contribution in [0.1, 0.15) is 16.8 Å². The van der Waals surface area contributed by atoms with Crippen molar-refractivity contribution in [1.29, 1.82) is 0 Å². The van der Waals surface area contributed by atoms with E-state index in [9.17, 15) is 9.59 Å². The number of carbonyl (C=O) groups is 2. The van der Waals surface area contributed by atoms with Crippen molar-refractivity contribution in [2.45, 2.75) is 19.5 Å². The number of hydrogen-bond donors (Lipinski definition) is 3. The Morgan fingerprint density at radius 3 is 2.27 bits per heavy atom. The highest BCUT2D eigenvalue weighted by atomic mass is 16.5. The second-order valence-corrected chi connectivity index (χ2v) is 6.63. The van der Waals surface area contributed by atoms with Crippen LogP contribution < -0.4 is 20.7 Å². The van der Waals surface area contributed by atoms with Crippen molar-refractivity contribution < 1.29 is 14.3 Å². The van der Waals surface area contributed by atoms with Gasteiger partial charge in [0.1, 0.15) is 5.75 Å². The topological polar surface area (TPSA) is 92.4 Å². The molecule has 7 heteroatoms. The summed E-state index contributed by atoms with van der Waals surface area (Å²) in [5, 5.41) is 8.43. The summed E-state index contributed by atoms with van der Waals surface area (Å²) in [5.41, 5.74) is 3.29. The van der Waals surface area contributed by atoms with Gasteiger partial charge in [0.05, 0.1) is 25.8 Å². The summed E-state index contributed by atoms with van der Waals surface area (Å²) in [7, 11) is 1.61. The Morgan fingerprint density at radius 1 is 0.867 bits per heavy atom. The highest BCUT2D eigenvalue weighted by Crippen LogP contribution is 2.12. The molecular weight excluding hydrogens is 380 g/mol. The largest absolute Gasteiger partial charge is 0.497 e. The molecule has 0 unspecified atom stereocenters. The van der Waals surface area contributed by atoms with E-state index in [0.717, 1.165) is 22.6 Å². The molecule has 0 aliphatic rings. The zero-order valence-electron chi connectivity index (χ0n) is 16.7. The van der Waals surface area contributed by atoms with Crippen LogP contribution in [0.3, 0.4) is 0 Å². The predicted octanol–water partition coefficient (Wildman–Crippen LogP) is 3.27. The monoisotopic (exact) mass is 404 g/mol. The first-order valence-electron chi connectivity index (χ1n) is 9.56. The number of urea groups is 1. The van der Waals surface area contributed by atoms with Gasteiger partial charge in [0.2, 0.25) is 5.91 Å². The molecule has 0 aliphatic heterocycles. The fourth-order valence-electron chi connectivity index (χ4n) is 2.75. The average molecular weight is 404 g/mol. The van der Waals surface area contributed by atoms with Crippen molar-refractivity contribution in [3.8, 4) is 5.75 Å². The molecule has 0 aliphatic carbocycles. The van der Waals surface area contributed by atoms with Gasteiger partial charge in [0, 0.05) is 18.4 Å².